The minimum Gasteiger partial charge on any atom is -0.396 e. The summed E-state index contributed by atoms with van der Waals surface area (Å²) in [5.74, 6) is 0.444. The molecule has 2 rings (SSSR count). The lowest BCUT2D eigenvalue weighted by molar-refractivity contribution is -0.121. The zero-order chi connectivity index (χ0) is 11.7. The number of primary amides is 1. The molecule has 0 aliphatic carbocycles. The Morgan fingerprint density at radius 2 is 2.31 bits per heavy atom. The molecule has 1 aromatic rings. The van der Waals surface area contributed by atoms with E-state index in [-0.39, 0.29) is 11.8 Å². The highest BCUT2D eigenvalue weighted by Gasteiger charge is 2.28. The molecule has 2 heterocycles. The topological polar surface area (TPSA) is 85.2 Å². The fourth-order valence-electron chi connectivity index (χ4n) is 1.99. The molecule has 1 atom stereocenters. The van der Waals surface area contributed by atoms with Crippen LogP contribution in [0.4, 0.5) is 11.5 Å². The molecular formula is C11H16N4O. The van der Waals surface area contributed by atoms with Crippen LogP contribution in [0.5, 0.6) is 0 Å². The first-order valence-corrected chi connectivity index (χ1v) is 5.35. The van der Waals surface area contributed by atoms with Gasteiger partial charge in [-0.3, -0.25) is 4.79 Å². The SMILES string of the molecule is Cc1ccc(N)c(N2CCC(C(N)=O)C2)n1. The van der Waals surface area contributed by atoms with Gasteiger partial charge in [-0.05, 0) is 25.5 Å². The van der Waals surface area contributed by atoms with Gasteiger partial charge in [0.25, 0.3) is 0 Å². The Morgan fingerprint density at radius 3 is 2.94 bits per heavy atom. The molecule has 0 saturated carbocycles. The molecule has 0 bridgehead atoms. The van der Waals surface area contributed by atoms with Crippen molar-refractivity contribution in [2.75, 3.05) is 23.7 Å². The van der Waals surface area contributed by atoms with E-state index in [9.17, 15) is 4.79 Å². The number of pyridine rings is 1. The highest BCUT2D eigenvalue weighted by Crippen LogP contribution is 2.26. The number of nitrogen functional groups attached to an aromatic ring is 1. The van der Waals surface area contributed by atoms with Gasteiger partial charge >= 0.3 is 0 Å². The third-order valence-corrected chi connectivity index (χ3v) is 2.93. The zero-order valence-electron chi connectivity index (χ0n) is 9.31. The van der Waals surface area contributed by atoms with Crippen molar-refractivity contribution >= 4 is 17.4 Å². The van der Waals surface area contributed by atoms with Gasteiger partial charge in [0.2, 0.25) is 5.91 Å². The summed E-state index contributed by atoms with van der Waals surface area (Å²) < 4.78 is 0. The normalized spacial score (nSPS) is 20.1. The van der Waals surface area contributed by atoms with Crippen molar-refractivity contribution in [3.63, 3.8) is 0 Å². The summed E-state index contributed by atoms with van der Waals surface area (Å²) in [4.78, 5) is 17.5. The minimum absolute atomic E-state index is 0.0817. The van der Waals surface area contributed by atoms with Gasteiger partial charge in [0.05, 0.1) is 11.6 Å². The van der Waals surface area contributed by atoms with E-state index in [2.05, 4.69) is 4.98 Å². The molecule has 0 spiro atoms. The van der Waals surface area contributed by atoms with Crippen molar-refractivity contribution in [3.8, 4) is 0 Å². The molecule has 0 radical (unpaired) electrons. The van der Waals surface area contributed by atoms with Crippen LogP contribution in [0.1, 0.15) is 12.1 Å². The quantitative estimate of drug-likeness (QED) is 0.749. The van der Waals surface area contributed by atoms with Gasteiger partial charge in [-0.1, -0.05) is 0 Å². The van der Waals surface area contributed by atoms with Gasteiger partial charge in [0.1, 0.15) is 0 Å². The number of nitrogens with zero attached hydrogens (tertiary/aromatic N) is 2. The fourth-order valence-corrected chi connectivity index (χ4v) is 1.99. The molecule has 5 heteroatoms. The second-order valence-electron chi connectivity index (χ2n) is 4.20. The first kappa shape index (κ1) is 10.7. The van der Waals surface area contributed by atoms with E-state index < -0.39 is 0 Å². The van der Waals surface area contributed by atoms with Crippen molar-refractivity contribution in [2.45, 2.75) is 13.3 Å². The smallest absolute Gasteiger partial charge is 0.222 e. The van der Waals surface area contributed by atoms with E-state index in [0.29, 0.717) is 12.2 Å². The number of amides is 1. The maximum atomic E-state index is 11.1. The van der Waals surface area contributed by atoms with Crippen LogP contribution in [0.25, 0.3) is 0 Å². The van der Waals surface area contributed by atoms with Gasteiger partial charge < -0.3 is 16.4 Å². The Balaban J connectivity index is 2.20. The van der Waals surface area contributed by atoms with Gasteiger partial charge in [-0.2, -0.15) is 0 Å². The molecule has 1 unspecified atom stereocenters. The first-order valence-electron chi connectivity index (χ1n) is 5.35. The molecule has 5 nitrogen and oxygen atoms in total. The summed E-state index contributed by atoms with van der Waals surface area (Å²) in [6, 6.07) is 3.72. The van der Waals surface area contributed by atoms with E-state index in [1.807, 2.05) is 24.0 Å². The number of rotatable bonds is 2. The third-order valence-electron chi connectivity index (χ3n) is 2.93. The number of carbonyl (C=O) groups is 1. The molecule has 0 aromatic carbocycles. The maximum Gasteiger partial charge on any atom is 0.222 e. The fraction of sp³-hybridized carbons (Fsp3) is 0.455. The lowest BCUT2D eigenvalue weighted by atomic mass is 10.1. The largest absolute Gasteiger partial charge is 0.396 e. The van der Waals surface area contributed by atoms with E-state index in [1.165, 1.54) is 0 Å². The second-order valence-corrected chi connectivity index (χ2v) is 4.20. The number of anilines is 2. The summed E-state index contributed by atoms with van der Waals surface area (Å²) in [6.45, 7) is 3.33. The van der Waals surface area contributed by atoms with Crippen molar-refractivity contribution in [1.82, 2.24) is 4.98 Å². The van der Waals surface area contributed by atoms with Gasteiger partial charge in [0.15, 0.2) is 5.82 Å². The summed E-state index contributed by atoms with van der Waals surface area (Å²) >= 11 is 0. The Labute approximate surface area is 94.4 Å². The number of nitrogens with two attached hydrogens (primary N) is 2. The highest BCUT2D eigenvalue weighted by atomic mass is 16.1. The molecule has 1 aliphatic rings. The van der Waals surface area contributed by atoms with Crippen molar-refractivity contribution < 1.29 is 4.79 Å². The predicted octanol–water partition coefficient (Wildman–Crippen LogP) is 0.284. The van der Waals surface area contributed by atoms with Crippen LogP contribution in [0, 0.1) is 12.8 Å². The van der Waals surface area contributed by atoms with Crippen LogP contribution in [0.15, 0.2) is 12.1 Å². The van der Waals surface area contributed by atoms with Crippen LogP contribution in [-0.2, 0) is 4.79 Å². The highest BCUT2D eigenvalue weighted by molar-refractivity contribution is 5.78. The van der Waals surface area contributed by atoms with E-state index in [0.717, 1.165) is 24.5 Å². The molecule has 1 aromatic heterocycles. The minimum atomic E-state index is -0.242. The number of aromatic nitrogens is 1. The number of aryl methyl sites for hydroxylation is 1. The molecule has 86 valence electrons. The lowest BCUT2D eigenvalue weighted by Gasteiger charge is -2.19. The average Bonchev–Trinajstić information content (AvgIpc) is 2.70. The predicted molar refractivity (Wildman–Crippen MR) is 62.9 cm³/mol. The van der Waals surface area contributed by atoms with Crippen LogP contribution in [0.2, 0.25) is 0 Å². The van der Waals surface area contributed by atoms with E-state index in [4.69, 9.17) is 11.5 Å². The molecular weight excluding hydrogens is 204 g/mol. The molecule has 1 saturated heterocycles. The number of carbonyl (C=O) groups excluding carboxylic acids is 1. The molecule has 1 amide bonds. The lowest BCUT2D eigenvalue weighted by Crippen LogP contribution is -2.28. The Bertz CT molecular complexity index is 418. The third kappa shape index (κ3) is 1.93. The van der Waals surface area contributed by atoms with Crippen molar-refractivity contribution in [1.29, 1.82) is 0 Å². The Hall–Kier alpha value is -1.78. The number of hydrogen-bond acceptors (Lipinski definition) is 4. The number of hydrogen-bond donors (Lipinski definition) is 2. The van der Waals surface area contributed by atoms with Gasteiger partial charge in [-0.25, -0.2) is 4.98 Å². The van der Waals surface area contributed by atoms with Crippen LogP contribution in [-0.4, -0.2) is 24.0 Å². The standard InChI is InChI=1S/C11H16N4O/c1-7-2-3-9(12)11(14-7)15-5-4-8(6-15)10(13)16/h2-3,8H,4-6,12H2,1H3,(H2,13,16). The summed E-state index contributed by atoms with van der Waals surface area (Å²) in [7, 11) is 0. The first-order chi connectivity index (χ1) is 7.58. The van der Waals surface area contributed by atoms with Crippen LogP contribution < -0.4 is 16.4 Å². The summed E-state index contributed by atoms with van der Waals surface area (Å²) in [5, 5.41) is 0. The summed E-state index contributed by atoms with van der Waals surface area (Å²) in [5.41, 5.74) is 12.7. The van der Waals surface area contributed by atoms with Gasteiger partial charge in [-0.15, -0.1) is 0 Å². The molecule has 1 fully saturated rings. The molecule has 16 heavy (non-hydrogen) atoms. The van der Waals surface area contributed by atoms with Gasteiger partial charge in [0, 0.05) is 18.8 Å². The monoisotopic (exact) mass is 220 g/mol. The van der Waals surface area contributed by atoms with Crippen LogP contribution in [0.3, 0.4) is 0 Å². The summed E-state index contributed by atoms with van der Waals surface area (Å²) in [6.07, 6.45) is 0.782. The van der Waals surface area contributed by atoms with Crippen molar-refractivity contribution in [2.24, 2.45) is 11.7 Å². The van der Waals surface area contributed by atoms with E-state index in [1.54, 1.807) is 0 Å². The second kappa shape index (κ2) is 4.00. The average molecular weight is 220 g/mol. The zero-order valence-corrected chi connectivity index (χ0v) is 9.31. The van der Waals surface area contributed by atoms with Crippen LogP contribution >= 0.6 is 0 Å². The molecule has 1 aliphatic heterocycles. The van der Waals surface area contributed by atoms with E-state index >= 15 is 0 Å². The maximum absolute atomic E-state index is 11.1. The Kier molecular flexibility index (Phi) is 2.68. The Morgan fingerprint density at radius 1 is 1.56 bits per heavy atom. The molecule has 4 N–H and O–H groups in total. The van der Waals surface area contributed by atoms with Crippen molar-refractivity contribution in [3.05, 3.63) is 17.8 Å².